The van der Waals surface area contributed by atoms with Crippen LogP contribution in [0, 0.1) is 0 Å². The van der Waals surface area contributed by atoms with Gasteiger partial charge in [0.15, 0.2) is 0 Å². The molecule has 5 N–H and O–H groups in total. The normalized spacial score (nSPS) is 11.1. The number of anilines is 1. The van der Waals surface area contributed by atoms with Gasteiger partial charge in [-0.15, -0.1) is 0 Å². The minimum absolute atomic E-state index is 0.0525. The molecule has 0 spiro atoms. The van der Waals surface area contributed by atoms with Crippen LogP contribution in [-0.2, 0) is 9.59 Å². The van der Waals surface area contributed by atoms with Crippen molar-refractivity contribution in [2.75, 3.05) is 18.4 Å². The van der Waals surface area contributed by atoms with E-state index in [0.29, 0.717) is 16.4 Å². The van der Waals surface area contributed by atoms with Gasteiger partial charge in [-0.05, 0) is 31.2 Å². The zero-order valence-corrected chi connectivity index (χ0v) is 13.8. The van der Waals surface area contributed by atoms with Crippen LogP contribution in [-0.4, -0.2) is 42.1 Å². The van der Waals surface area contributed by atoms with E-state index < -0.39 is 23.9 Å². The molecule has 24 heavy (non-hydrogen) atoms. The fourth-order valence-corrected chi connectivity index (χ4v) is 1.70. The van der Waals surface area contributed by atoms with Crippen molar-refractivity contribution in [3.05, 3.63) is 41.6 Å². The highest BCUT2D eigenvalue weighted by molar-refractivity contribution is 6.30. The largest absolute Gasteiger partial charge is 0.480 e. The van der Waals surface area contributed by atoms with E-state index in [2.05, 4.69) is 27.8 Å². The summed E-state index contributed by atoms with van der Waals surface area (Å²) in [6, 6.07) is 5.19. The molecule has 130 valence electrons. The third-order valence-corrected chi connectivity index (χ3v) is 3.06. The standard InChI is InChI=1S/C15H19ClN4O4/c1-9(17-8-13(21)22)7-18-14(23)10(2)19-15(24)20-12-5-3-11(16)4-6-12/h3-6,10,17H,1,7-8H2,2H3,(H,18,23)(H,21,22)(H2,19,20,24)/t10-/m0/s1. The van der Waals surface area contributed by atoms with Crippen LogP contribution in [0.4, 0.5) is 10.5 Å². The Labute approximate surface area is 144 Å². The number of benzene rings is 1. The third-order valence-electron chi connectivity index (χ3n) is 2.81. The molecular weight excluding hydrogens is 336 g/mol. The van der Waals surface area contributed by atoms with Crippen molar-refractivity contribution in [3.63, 3.8) is 0 Å². The molecule has 1 aromatic carbocycles. The highest BCUT2D eigenvalue weighted by Crippen LogP contribution is 2.13. The van der Waals surface area contributed by atoms with Gasteiger partial charge in [-0.3, -0.25) is 9.59 Å². The van der Waals surface area contributed by atoms with Crippen LogP contribution in [0.5, 0.6) is 0 Å². The van der Waals surface area contributed by atoms with Crippen molar-refractivity contribution < 1.29 is 19.5 Å². The Morgan fingerprint density at radius 2 is 1.79 bits per heavy atom. The van der Waals surface area contributed by atoms with Gasteiger partial charge in [-0.25, -0.2) is 4.79 Å². The average molecular weight is 355 g/mol. The predicted octanol–water partition coefficient (Wildman–Crippen LogP) is 1.15. The summed E-state index contributed by atoms with van der Waals surface area (Å²) in [4.78, 5) is 34.0. The number of hydrogen-bond acceptors (Lipinski definition) is 4. The number of urea groups is 1. The number of hydrogen-bond donors (Lipinski definition) is 5. The lowest BCUT2D eigenvalue weighted by Crippen LogP contribution is -2.47. The number of carboxylic acid groups (broad SMARTS) is 1. The topological polar surface area (TPSA) is 120 Å². The predicted molar refractivity (Wildman–Crippen MR) is 90.9 cm³/mol. The van der Waals surface area contributed by atoms with Crippen molar-refractivity contribution in [2.24, 2.45) is 0 Å². The molecule has 1 rings (SSSR count). The Kier molecular flexibility index (Phi) is 7.57. The van der Waals surface area contributed by atoms with Gasteiger partial charge >= 0.3 is 12.0 Å². The number of amides is 3. The van der Waals surface area contributed by atoms with E-state index in [1.165, 1.54) is 6.92 Å². The SMILES string of the molecule is C=C(CNC(=O)[C@H](C)NC(=O)Nc1ccc(Cl)cc1)NCC(=O)O. The quantitative estimate of drug-likeness (QED) is 0.480. The second kappa shape index (κ2) is 9.41. The summed E-state index contributed by atoms with van der Waals surface area (Å²) in [7, 11) is 0. The first-order valence-electron chi connectivity index (χ1n) is 7.02. The number of aliphatic carboxylic acids is 1. The van der Waals surface area contributed by atoms with E-state index in [1.54, 1.807) is 24.3 Å². The van der Waals surface area contributed by atoms with Gasteiger partial charge in [0.1, 0.15) is 12.6 Å². The number of carbonyl (C=O) groups is 3. The Morgan fingerprint density at radius 1 is 1.17 bits per heavy atom. The monoisotopic (exact) mass is 354 g/mol. The number of carbonyl (C=O) groups excluding carboxylic acids is 2. The summed E-state index contributed by atoms with van der Waals surface area (Å²) in [6.07, 6.45) is 0. The molecular formula is C15H19ClN4O4. The second-order valence-corrected chi connectivity index (χ2v) is 5.33. The maximum Gasteiger partial charge on any atom is 0.322 e. The summed E-state index contributed by atoms with van der Waals surface area (Å²) in [6.45, 7) is 4.87. The smallest absolute Gasteiger partial charge is 0.322 e. The molecule has 0 aliphatic heterocycles. The van der Waals surface area contributed by atoms with Crippen molar-refractivity contribution in [1.82, 2.24) is 16.0 Å². The minimum Gasteiger partial charge on any atom is -0.480 e. The molecule has 9 heteroatoms. The molecule has 0 bridgehead atoms. The average Bonchev–Trinajstić information content (AvgIpc) is 2.52. The zero-order chi connectivity index (χ0) is 18.1. The first-order chi connectivity index (χ1) is 11.3. The van der Waals surface area contributed by atoms with Crippen molar-refractivity contribution in [1.29, 1.82) is 0 Å². The molecule has 0 aliphatic rings. The Morgan fingerprint density at radius 3 is 2.38 bits per heavy atom. The maximum absolute atomic E-state index is 11.9. The molecule has 0 heterocycles. The van der Waals surface area contributed by atoms with Crippen LogP contribution in [0.15, 0.2) is 36.5 Å². The highest BCUT2D eigenvalue weighted by Gasteiger charge is 2.15. The zero-order valence-electron chi connectivity index (χ0n) is 13.1. The van der Waals surface area contributed by atoms with Crippen LogP contribution in [0.2, 0.25) is 5.02 Å². The molecule has 0 aromatic heterocycles. The van der Waals surface area contributed by atoms with E-state index in [4.69, 9.17) is 16.7 Å². The van der Waals surface area contributed by atoms with Crippen molar-refractivity contribution >= 4 is 35.2 Å². The van der Waals surface area contributed by atoms with Crippen molar-refractivity contribution in [3.8, 4) is 0 Å². The van der Waals surface area contributed by atoms with Gasteiger partial charge in [-0.2, -0.15) is 0 Å². The number of halogens is 1. The van der Waals surface area contributed by atoms with Gasteiger partial charge in [-0.1, -0.05) is 18.2 Å². The minimum atomic E-state index is -1.03. The molecule has 1 atom stereocenters. The maximum atomic E-state index is 11.9. The second-order valence-electron chi connectivity index (χ2n) is 4.90. The highest BCUT2D eigenvalue weighted by atomic mass is 35.5. The molecule has 3 amide bonds. The summed E-state index contributed by atoms with van der Waals surface area (Å²) < 4.78 is 0. The van der Waals surface area contributed by atoms with Crippen LogP contribution in [0.25, 0.3) is 0 Å². The van der Waals surface area contributed by atoms with Crippen LogP contribution in [0.3, 0.4) is 0 Å². The fourth-order valence-electron chi connectivity index (χ4n) is 1.57. The summed E-state index contributed by atoms with van der Waals surface area (Å²) in [5.41, 5.74) is 0.888. The van der Waals surface area contributed by atoms with Crippen LogP contribution < -0.4 is 21.3 Å². The Balaban J connectivity index is 2.34. The third kappa shape index (κ3) is 7.50. The number of nitrogens with one attached hydrogen (secondary N) is 4. The van der Waals surface area contributed by atoms with E-state index in [0.717, 1.165) is 0 Å². The lowest BCUT2D eigenvalue weighted by molar-refractivity contribution is -0.135. The Hall–Kier alpha value is -2.74. The number of carboxylic acids is 1. The number of rotatable bonds is 8. The molecule has 0 fully saturated rings. The van der Waals surface area contributed by atoms with Gasteiger partial charge < -0.3 is 26.4 Å². The van der Waals surface area contributed by atoms with Gasteiger partial charge in [0.2, 0.25) is 5.91 Å². The van der Waals surface area contributed by atoms with E-state index in [-0.39, 0.29) is 13.1 Å². The van der Waals surface area contributed by atoms with E-state index in [9.17, 15) is 14.4 Å². The van der Waals surface area contributed by atoms with Gasteiger partial charge in [0, 0.05) is 16.4 Å². The van der Waals surface area contributed by atoms with E-state index in [1.807, 2.05) is 0 Å². The first kappa shape index (κ1) is 19.3. The summed E-state index contributed by atoms with van der Waals surface area (Å²) in [5.74, 6) is -1.46. The van der Waals surface area contributed by atoms with E-state index >= 15 is 0 Å². The molecule has 0 radical (unpaired) electrons. The molecule has 8 nitrogen and oxygen atoms in total. The lowest BCUT2D eigenvalue weighted by atomic mass is 10.3. The first-order valence-corrected chi connectivity index (χ1v) is 7.40. The summed E-state index contributed by atoms with van der Waals surface area (Å²) >= 11 is 5.75. The Bertz CT molecular complexity index is 618. The lowest BCUT2D eigenvalue weighted by Gasteiger charge is -2.15. The van der Waals surface area contributed by atoms with Gasteiger partial charge in [0.05, 0.1) is 6.54 Å². The van der Waals surface area contributed by atoms with Crippen LogP contribution >= 0.6 is 11.6 Å². The van der Waals surface area contributed by atoms with Crippen LogP contribution in [0.1, 0.15) is 6.92 Å². The van der Waals surface area contributed by atoms with Gasteiger partial charge in [0.25, 0.3) is 0 Å². The molecule has 0 aliphatic carbocycles. The summed E-state index contributed by atoms with van der Waals surface area (Å²) in [5, 5.41) is 19.2. The molecule has 1 aromatic rings. The molecule has 0 unspecified atom stereocenters. The fraction of sp³-hybridized carbons (Fsp3) is 0.267. The molecule has 0 saturated heterocycles. The molecule has 0 saturated carbocycles. The van der Waals surface area contributed by atoms with Crippen molar-refractivity contribution in [2.45, 2.75) is 13.0 Å².